The van der Waals surface area contributed by atoms with E-state index < -0.39 is 0 Å². The molecule has 0 radical (unpaired) electrons. The Kier molecular flexibility index (Phi) is 2.72. The summed E-state index contributed by atoms with van der Waals surface area (Å²) in [5.41, 5.74) is 1.43. The highest BCUT2D eigenvalue weighted by atomic mass is 32.2. The lowest BCUT2D eigenvalue weighted by Gasteiger charge is -2.41. The van der Waals surface area contributed by atoms with E-state index in [1.54, 1.807) is 0 Å². The fourth-order valence-corrected chi connectivity index (χ4v) is 3.57. The van der Waals surface area contributed by atoms with Gasteiger partial charge in [0.25, 0.3) is 0 Å². The Morgan fingerprint density at radius 3 is 2.88 bits per heavy atom. The van der Waals surface area contributed by atoms with Crippen LogP contribution < -0.4 is 5.32 Å². The van der Waals surface area contributed by atoms with Crippen LogP contribution in [-0.2, 0) is 6.54 Å². The van der Waals surface area contributed by atoms with Crippen LogP contribution in [0.5, 0.6) is 0 Å². The topological polar surface area (TPSA) is 29.9 Å². The molecule has 0 bridgehead atoms. The van der Waals surface area contributed by atoms with Gasteiger partial charge in [-0.05, 0) is 19.1 Å². The Bertz CT molecular complexity index is 361. The van der Waals surface area contributed by atoms with Crippen molar-refractivity contribution in [1.29, 1.82) is 0 Å². The molecule has 1 aromatic heterocycles. The summed E-state index contributed by atoms with van der Waals surface area (Å²) in [6.07, 6.45) is 10.5. The predicted molar refractivity (Wildman–Crippen MR) is 67.9 cm³/mol. The standard InChI is InChI=1S/C12H19N3S/c1-16-12(3-2-4-12)8-15-9-14-7-11(15)10-5-13-6-10/h7,9-10,13H,2-6,8H2,1H3. The molecule has 3 nitrogen and oxygen atoms in total. The Hall–Kier alpha value is -0.480. The van der Waals surface area contributed by atoms with Crippen LogP contribution in [0.15, 0.2) is 12.5 Å². The Morgan fingerprint density at radius 2 is 2.38 bits per heavy atom. The predicted octanol–water partition coefficient (Wildman–Crippen LogP) is 1.86. The lowest BCUT2D eigenvalue weighted by atomic mass is 9.84. The van der Waals surface area contributed by atoms with Gasteiger partial charge < -0.3 is 9.88 Å². The number of hydrogen-bond donors (Lipinski definition) is 1. The normalized spacial score (nSPS) is 23.8. The van der Waals surface area contributed by atoms with Crippen molar-refractivity contribution in [2.75, 3.05) is 19.3 Å². The quantitative estimate of drug-likeness (QED) is 0.867. The molecule has 1 aliphatic carbocycles. The Morgan fingerprint density at radius 1 is 1.56 bits per heavy atom. The molecule has 1 aromatic rings. The van der Waals surface area contributed by atoms with E-state index in [1.807, 2.05) is 18.1 Å². The number of nitrogens with zero attached hydrogens (tertiary/aromatic N) is 2. The molecular formula is C12H19N3S. The third-order valence-corrected chi connectivity index (χ3v) is 5.50. The minimum Gasteiger partial charge on any atom is -0.333 e. The number of hydrogen-bond acceptors (Lipinski definition) is 3. The van der Waals surface area contributed by atoms with E-state index in [1.165, 1.54) is 25.0 Å². The average molecular weight is 237 g/mol. The molecule has 1 aliphatic heterocycles. The maximum absolute atomic E-state index is 4.33. The first-order chi connectivity index (χ1) is 7.83. The van der Waals surface area contributed by atoms with Gasteiger partial charge in [-0.15, -0.1) is 0 Å². The second kappa shape index (κ2) is 4.08. The zero-order chi connectivity index (χ0) is 11.0. The maximum atomic E-state index is 4.33. The molecule has 1 saturated carbocycles. The molecule has 2 heterocycles. The first-order valence-electron chi connectivity index (χ1n) is 6.09. The molecule has 4 heteroatoms. The van der Waals surface area contributed by atoms with Gasteiger partial charge in [0, 0.05) is 42.2 Å². The number of rotatable bonds is 4. The minimum atomic E-state index is 0.507. The van der Waals surface area contributed by atoms with Gasteiger partial charge in [-0.3, -0.25) is 0 Å². The molecule has 0 amide bonds. The van der Waals surface area contributed by atoms with Gasteiger partial charge >= 0.3 is 0 Å². The summed E-state index contributed by atoms with van der Waals surface area (Å²) in [5, 5.41) is 3.34. The van der Waals surface area contributed by atoms with Crippen molar-refractivity contribution >= 4 is 11.8 Å². The van der Waals surface area contributed by atoms with Gasteiger partial charge in [0.05, 0.1) is 6.33 Å². The fraction of sp³-hybridized carbons (Fsp3) is 0.750. The SMILES string of the molecule is CSC1(Cn2cncc2C2CNC2)CCC1. The van der Waals surface area contributed by atoms with Crippen LogP contribution in [0.1, 0.15) is 30.9 Å². The lowest BCUT2D eigenvalue weighted by molar-refractivity contribution is 0.311. The second-order valence-corrected chi connectivity index (χ2v) is 6.32. The summed E-state index contributed by atoms with van der Waals surface area (Å²) in [6.45, 7) is 3.40. The van der Waals surface area contributed by atoms with Crippen LogP contribution >= 0.6 is 11.8 Å². The molecule has 0 unspecified atom stereocenters. The number of imidazole rings is 1. The molecule has 3 rings (SSSR count). The van der Waals surface area contributed by atoms with E-state index >= 15 is 0 Å². The average Bonchev–Trinajstić information content (AvgIpc) is 2.57. The summed E-state index contributed by atoms with van der Waals surface area (Å²) in [6, 6.07) is 0. The van der Waals surface area contributed by atoms with E-state index in [2.05, 4.69) is 27.3 Å². The van der Waals surface area contributed by atoms with Crippen LogP contribution in [0.2, 0.25) is 0 Å². The molecule has 1 saturated heterocycles. The monoisotopic (exact) mass is 237 g/mol. The highest BCUT2D eigenvalue weighted by Crippen LogP contribution is 2.44. The third kappa shape index (κ3) is 1.68. The van der Waals surface area contributed by atoms with Crippen LogP contribution in [0.4, 0.5) is 0 Å². The lowest BCUT2D eigenvalue weighted by Crippen LogP contribution is -2.43. The molecule has 0 spiro atoms. The van der Waals surface area contributed by atoms with Crippen molar-refractivity contribution in [3.8, 4) is 0 Å². The van der Waals surface area contributed by atoms with Crippen molar-refractivity contribution in [3.63, 3.8) is 0 Å². The zero-order valence-electron chi connectivity index (χ0n) is 9.78. The van der Waals surface area contributed by atoms with Gasteiger partial charge in [-0.1, -0.05) is 6.42 Å². The molecule has 16 heavy (non-hydrogen) atoms. The van der Waals surface area contributed by atoms with Gasteiger partial charge in [0.1, 0.15) is 0 Å². The first kappa shape index (κ1) is 10.7. The van der Waals surface area contributed by atoms with Gasteiger partial charge in [-0.2, -0.15) is 11.8 Å². The third-order valence-electron chi connectivity index (χ3n) is 4.10. The zero-order valence-corrected chi connectivity index (χ0v) is 10.6. The first-order valence-corrected chi connectivity index (χ1v) is 7.31. The molecule has 2 fully saturated rings. The van der Waals surface area contributed by atoms with Crippen molar-refractivity contribution in [1.82, 2.24) is 14.9 Å². The van der Waals surface area contributed by atoms with Crippen LogP contribution in [0.25, 0.3) is 0 Å². The van der Waals surface area contributed by atoms with E-state index in [-0.39, 0.29) is 0 Å². The highest BCUT2D eigenvalue weighted by Gasteiger charge is 2.37. The van der Waals surface area contributed by atoms with E-state index in [0.29, 0.717) is 10.7 Å². The molecule has 88 valence electrons. The second-order valence-electron chi connectivity index (χ2n) is 5.04. The minimum absolute atomic E-state index is 0.507. The van der Waals surface area contributed by atoms with Crippen molar-refractivity contribution < 1.29 is 0 Å². The van der Waals surface area contributed by atoms with Crippen molar-refractivity contribution in [2.24, 2.45) is 0 Å². The summed E-state index contributed by atoms with van der Waals surface area (Å²) < 4.78 is 2.90. The van der Waals surface area contributed by atoms with Gasteiger partial charge in [-0.25, -0.2) is 4.98 Å². The molecule has 0 aromatic carbocycles. The maximum Gasteiger partial charge on any atom is 0.0948 e. The van der Waals surface area contributed by atoms with Crippen molar-refractivity contribution in [3.05, 3.63) is 18.2 Å². The van der Waals surface area contributed by atoms with Gasteiger partial charge in [0.2, 0.25) is 0 Å². The summed E-state index contributed by atoms with van der Waals surface area (Å²) >= 11 is 2.04. The molecule has 2 aliphatic rings. The smallest absolute Gasteiger partial charge is 0.0948 e. The molecule has 0 atom stereocenters. The fourth-order valence-electron chi connectivity index (χ4n) is 2.61. The van der Waals surface area contributed by atoms with Gasteiger partial charge in [0.15, 0.2) is 0 Å². The molecular weight excluding hydrogens is 218 g/mol. The number of nitrogens with one attached hydrogen (secondary N) is 1. The number of thioether (sulfide) groups is 1. The van der Waals surface area contributed by atoms with Crippen LogP contribution in [0.3, 0.4) is 0 Å². The Labute approximate surface area is 101 Å². The van der Waals surface area contributed by atoms with E-state index in [9.17, 15) is 0 Å². The number of aromatic nitrogens is 2. The Balaban J connectivity index is 1.76. The summed E-state index contributed by atoms with van der Waals surface area (Å²) in [7, 11) is 0. The van der Waals surface area contributed by atoms with E-state index in [4.69, 9.17) is 0 Å². The van der Waals surface area contributed by atoms with Crippen LogP contribution in [0, 0.1) is 0 Å². The summed E-state index contributed by atoms with van der Waals surface area (Å²) in [5.74, 6) is 0.696. The molecule has 1 N–H and O–H groups in total. The van der Waals surface area contributed by atoms with E-state index in [0.717, 1.165) is 19.6 Å². The largest absolute Gasteiger partial charge is 0.333 e. The van der Waals surface area contributed by atoms with Crippen LogP contribution in [-0.4, -0.2) is 33.6 Å². The van der Waals surface area contributed by atoms with Crippen molar-refractivity contribution in [2.45, 2.75) is 36.5 Å². The highest BCUT2D eigenvalue weighted by molar-refractivity contribution is 8.00. The summed E-state index contributed by atoms with van der Waals surface area (Å²) in [4.78, 5) is 4.33.